The number of fused-ring (bicyclic) bond motifs is 3. The van der Waals surface area contributed by atoms with E-state index in [9.17, 15) is 19.5 Å². The number of ether oxygens (including phenoxy) is 1. The minimum atomic E-state index is -0.924. The van der Waals surface area contributed by atoms with E-state index in [0.717, 1.165) is 42.5 Å². The van der Waals surface area contributed by atoms with E-state index in [1.54, 1.807) is 6.92 Å². The Bertz CT molecular complexity index is 873. The fourth-order valence-corrected chi connectivity index (χ4v) is 6.60. The lowest BCUT2D eigenvalue weighted by Crippen LogP contribution is -2.36. The zero-order chi connectivity index (χ0) is 21.3. The molecule has 2 bridgehead atoms. The SMILES string of the molecule is CCOC(=O)c1c(NC(=O)C2C3C=CC(C3)C2C(=O)O)sc2c1CCCCCCC2. The van der Waals surface area contributed by atoms with Crippen LogP contribution in [0, 0.1) is 23.7 Å². The van der Waals surface area contributed by atoms with Gasteiger partial charge in [0, 0.05) is 4.88 Å². The van der Waals surface area contributed by atoms with Crippen LogP contribution in [0.2, 0.25) is 0 Å². The number of hydrogen-bond donors (Lipinski definition) is 2. The molecular formula is C23H29NO5S. The van der Waals surface area contributed by atoms with Crippen molar-refractivity contribution in [3.05, 3.63) is 28.2 Å². The molecular weight excluding hydrogens is 402 g/mol. The number of carboxylic acids is 1. The molecule has 1 aromatic rings. The molecule has 3 aliphatic carbocycles. The summed E-state index contributed by atoms with van der Waals surface area (Å²) >= 11 is 1.47. The average molecular weight is 432 g/mol. The normalized spacial score (nSPS) is 27.6. The van der Waals surface area contributed by atoms with E-state index < -0.39 is 23.8 Å². The number of carbonyl (C=O) groups excluding carboxylic acids is 2. The number of hydrogen-bond acceptors (Lipinski definition) is 5. The molecule has 6 nitrogen and oxygen atoms in total. The lowest BCUT2D eigenvalue weighted by molar-refractivity contribution is -0.146. The van der Waals surface area contributed by atoms with Gasteiger partial charge in [0.25, 0.3) is 0 Å². The van der Waals surface area contributed by atoms with Gasteiger partial charge in [-0.3, -0.25) is 9.59 Å². The summed E-state index contributed by atoms with van der Waals surface area (Å²) in [5.41, 5.74) is 1.50. The van der Waals surface area contributed by atoms with Crippen LogP contribution in [-0.4, -0.2) is 29.6 Å². The quantitative estimate of drug-likeness (QED) is 0.531. The van der Waals surface area contributed by atoms with Gasteiger partial charge in [0.2, 0.25) is 5.91 Å². The second kappa shape index (κ2) is 8.92. The van der Waals surface area contributed by atoms with Crippen molar-refractivity contribution >= 4 is 34.2 Å². The Morgan fingerprint density at radius 3 is 2.43 bits per heavy atom. The van der Waals surface area contributed by atoms with E-state index in [1.807, 2.05) is 12.2 Å². The fourth-order valence-electron chi connectivity index (χ4n) is 5.32. The lowest BCUT2D eigenvalue weighted by atomic mass is 9.82. The molecule has 162 valence electrons. The van der Waals surface area contributed by atoms with Crippen LogP contribution in [0.4, 0.5) is 5.00 Å². The number of aliphatic carboxylic acids is 1. The molecule has 1 aromatic heterocycles. The molecule has 0 aliphatic heterocycles. The summed E-state index contributed by atoms with van der Waals surface area (Å²) in [6.07, 6.45) is 11.9. The minimum Gasteiger partial charge on any atom is -0.481 e. The number of esters is 1. The number of carbonyl (C=O) groups is 3. The second-order valence-corrected chi connectivity index (χ2v) is 9.63. The summed E-state index contributed by atoms with van der Waals surface area (Å²) in [4.78, 5) is 39.0. The first-order valence-electron chi connectivity index (χ1n) is 11.0. The number of rotatable bonds is 5. The predicted molar refractivity (Wildman–Crippen MR) is 115 cm³/mol. The molecule has 1 fully saturated rings. The molecule has 30 heavy (non-hydrogen) atoms. The maximum Gasteiger partial charge on any atom is 0.341 e. The molecule has 3 aliphatic rings. The molecule has 4 rings (SSSR count). The largest absolute Gasteiger partial charge is 0.481 e. The monoisotopic (exact) mass is 431 g/mol. The van der Waals surface area contributed by atoms with E-state index in [1.165, 1.54) is 24.2 Å². The van der Waals surface area contributed by atoms with Crippen molar-refractivity contribution in [2.75, 3.05) is 11.9 Å². The first-order valence-corrected chi connectivity index (χ1v) is 11.9. The van der Waals surface area contributed by atoms with Crippen molar-refractivity contribution in [2.45, 2.75) is 58.3 Å². The highest BCUT2D eigenvalue weighted by Crippen LogP contribution is 2.49. The molecule has 0 radical (unpaired) electrons. The molecule has 0 aromatic carbocycles. The number of nitrogens with one attached hydrogen (secondary N) is 1. The standard InChI is InChI=1S/C23H29NO5S/c1-2-29-23(28)19-15-8-6-4-3-5-7-9-16(15)30-21(19)24-20(25)17-13-10-11-14(12-13)18(17)22(26)27/h10-11,13-14,17-18H,2-9,12H2,1H3,(H,24,25)(H,26,27). The van der Waals surface area contributed by atoms with Gasteiger partial charge in [0.1, 0.15) is 5.00 Å². The molecule has 7 heteroatoms. The van der Waals surface area contributed by atoms with E-state index in [2.05, 4.69) is 5.32 Å². The van der Waals surface area contributed by atoms with Gasteiger partial charge in [-0.15, -0.1) is 11.3 Å². The molecule has 1 amide bonds. The summed E-state index contributed by atoms with van der Waals surface area (Å²) in [6, 6.07) is 0. The number of aryl methyl sites for hydroxylation is 1. The number of thiophene rings is 1. The summed E-state index contributed by atoms with van der Waals surface area (Å²) in [5, 5.41) is 13.2. The molecule has 2 N–H and O–H groups in total. The minimum absolute atomic E-state index is 0.0494. The van der Waals surface area contributed by atoms with Crippen LogP contribution < -0.4 is 5.32 Å². The third-order valence-corrected chi connectivity index (χ3v) is 7.89. The topological polar surface area (TPSA) is 92.7 Å². The van der Waals surface area contributed by atoms with Gasteiger partial charge >= 0.3 is 11.9 Å². The van der Waals surface area contributed by atoms with E-state index in [4.69, 9.17) is 4.74 Å². The Labute approximate surface area is 180 Å². The maximum absolute atomic E-state index is 13.2. The Balaban J connectivity index is 1.64. The number of carboxylic acid groups (broad SMARTS) is 1. The first-order chi connectivity index (χ1) is 14.5. The Hall–Kier alpha value is -2.15. The third kappa shape index (κ3) is 3.92. The van der Waals surface area contributed by atoms with Crippen molar-refractivity contribution in [3.8, 4) is 0 Å². The Morgan fingerprint density at radius 1 is 1.07 bits per heavy atom. The van der Waals surface area contributed by atoms with Gasteiger partial charge in [-0.1, -0.05) is 31.4 Å². The Morgan fingerprint density at radius 2 is 1.73 bits per heavy atom. The summed E-state index contributed by atoms with van der Waals surface area (Å²) in [6.45, 7) is 2.05. The second-order valence-electron chi connectivity index (χ2n) is 8.52. The van der Waals surface area contributed by atoms with Gasteiger partial charge in [0.15, 0.2) is 0 Å². The molecule has 1 saturated carbocycles. The highest BCUT2D eigenvalue weighted by Gasteiger charge is 2.51. The molecule has 0 spiro atoms. The van der Waals surface area contributed by atoms with Crippen molar-refractivity contribution in [1.29, 1.82) is 0 Å². The van der Waals surface area contributed by atoms with Crippen molar-refractivity contribution in [3.63, 3.8) is 0 Å². The smallest absolute Gasteiger partial charge is 0.341 e. The average Bonchev–Trinajstić information content (AvgIpc) is 3.40. The van der Waals surface area contributed by atoms with Gasteiger partial charge in [-0.05, 0) is 56.4 Å². The van der Waals surface area contributed by atoms with Crippen molar-refractivity contribution < 1.29 is 24.2 Å². The van der Waals surface area contributed by atoms with Crippen LogP contribution >= 0.6 is 11.3 Å². The van der Waals surface area contributed by atoms with E-state index >= 15 is 0 Å². The van der Waals surface area contributed by atoms with Crippen LogP contribution in [-0.2, 0) is 27.2 Å². The highest BCUT2D eigenvalue weighted by atomic mass is 32.1. The van der Waals surface area contributed by atoms with Crippen LogP contribution in [0.25, 0.3) is 0 Å². The van der Waals surface area contributed by atoms with Crippen LogP contribution in [0.5, 0.6) is 0 Å². The molecule has 1 heterocycles. The van der Waals surface area contributed by atoms with Crippen LogP contribution in [0.1, 0.15) is 66.2 Å². The van der Waals surface area contributed by atoms with Gasteiger partial charge < -0.3 is 15.2 Å². The lowest BCUT2D eigenvalue weighted by Gasteiger charge is -2.23. The molecule has 0 saturated heterocycles. The summed E-state index contributed by atoms with van der Waals surface area (Å²) in [5.74, 6) is -3.04. The Kier molecular flexibility index (Phi) is 6.27. The zero-order valence-corrected chi connectivity index (χ0v) is 18.1. The van der Waals surface area contributed by atoms with Crippen molar-refractivity contribution in [1.82, 2.24) is 0 Å². The predicted octanol–water partition coefficient (Wildman–Crippen LogP) is 4.44. The van der Waals surface area contributed by atoms with Gasteiger partial charge in [-0.25, -0.2) is 4.79 Å². The van der Waals surface area contributed by atoms with E-state index in [-0.39, 0.29) is 24.3 Å². The molecule has 4 unspecified atom stereocenters. The van der Waals surface area contributed by atoms with Crippen LogP contribution in [0.15, 0.2) is 12.2 Å². The number of anilines is 1. The van der Waals surface area contributed by atoms with Crippen molar-refractivity contribution in [2.24, 2.45) is 23.7 Å². The fraction of sp³-hybridized carbons (Fsp3) is 0.609. The molecule has 4 atom stereocenters. The highest BCUT2D eigenvalue weighted by molar-refractivity contribution is 7.17. The number of allylic oxidation sites excluding steroid dienone is 2. The van der Waals surface area contributed by atoms with E-state index in [0.29, 0.717) is 17.0 Å². The first kappa shape index (κ1) is 21.1. The summed E-state index contributed by atoms with van der Waals surface area (Å²) in [7, 11) is 0. The summed E-state index contributed by atoms with van der Waals surface area (Å²) < 4.78 is 5.32. The number of amides is 1. The third-order valence-electron chi connectivity index (χ3n) is 6.68. The van der Waals surface area contributed by atoms with Gasteiger partial charge in [0.05, 0.1) is 24.0 Å². The van der Waals surface area contributed by atoms with Crippen LogP contribution in [0.3, 0.4) is 0 Å². The zero-order valence-electron chi connectivity index (χ0n) is 17.3. The van der Waals surface area contributed by atoms with Gasteiger partial charge in [-0.2, -0.15) is 0 Å². The maximum atomic E-state index is 13.2.